The summed E-state index contributed by atoms with van der Waals surface area (Å²) < 4.78 is 25.2. The average Bonchev–Trinajstić information content (AvgIpc) is 3.30. The molecule has 0 spiro atoms. The van der Waals surface area contributed by atoms with E-state index in [1.165, 1.54) is 16.9 Å². The molecule has 0 aliphatic rings. The summed E-state index contributed by atoms with van der Waals surface area (Å²) in [5, 5.41) is 21.6. The SMILES string of the molecule is N#Cc1cccc(-n2nccc2C(=O)Nc2ccc(-c3ccccc3S(N)(=O)=O)cc2Cl)c1. The first-order valence-electron chi connectivity index (χ1n) is 9.55. The number of halogens is 1. The van der Waals surface area contributed by atoms with Gasteiger partial charge in [-0.3, -0.25) is 4.79 Å². The van der Waals surface area contributed by atoms with Gasteiger partial charge in [-0.05, 0) is 48.0 Å². The minimum absolute atomic E-state index is 0.0265. The first-order chi connectivity index (χ1) is 15.8. The zero-order valence-corrected chi connectivity index (χ0v) is 18.5. The molecule has 0 unspecified atom stereocenters. The number of amides is 1. The number of benzene rings is 3. The number of anilines is 1. The summed E-state index contributed by atoms with van der Waals surface area (Å²) in [5.74, 6) is -0.463. The van der Waals surface area contributed by atoms with Crippen molar-refractivity contribution in [2.45, 2.75) is 4.90 Å². The second-order valence-corrected chi connectivity index (χ2v) is 8.92. The van der Waals surface area contributed by atoms with E-state index in [9.17, 15) is 13.2 Å². The molecule has 4 rings (SSSR count). The lowest BCUT2D eigenvalue weighted by Crippen LogP contribution is -2.17. The zero-order valence-electron chi connectivity index (χ0n) is 16.9. The fourth-order valence-electron chi connectivity index (χ4n) is 3.31. The van der Waals surface area contributed by atoms with Gasteiger partial charge in [0.05, 0.1) is 39.1 Å². The van der Waals surface area contributed by atoms with E-state index in [1.54, 1.807) is 66.7 Å². The number of sulfonamides is 1. The minimum Gasteiger partial charge on any atom is -0.319 e. The van der Waals surface area contributed by atoms with Crippen LogP contribution in [-0.2, 0) is 10.0 Å². The molecule has 0 saturated carbocycles. The standard InChI is InChI=1S/C23H16ClN5O3S/c24-19-13-16(18-6-1-2-7-22(18)33(26,31)32)8-9-20(19)28-23(30)21-10-11-27-29(21)17-5-3-4-15(12-17)14-25/h1-13H,(H,28,30)(H2,26,31,32). The number of aromatic nitrogens is 2. The molecule has 1 amide bonds. The van der Waals surface area contributed by atoms with Crippen LogP contribution < -0.4 is 10.5 Å². The fourth-order valence-corrected chi connectivity index (χ4v) is 4.30. The highest BCUT2D eigenvalue weighted by Crippen LogP contribution is 2.32. The number of carbonyl (C=O) groups is 1. The quantitative estimate of drug-likeness (QED) is 0.449. The Hall–Kier alpha value is -3.97. The highest BCUT2D eigenvalue weighted by Gasteiger charge is 2.18. The average molecular weight is 478 g/mol. The van der Waals surface area contributed by atoms with Crippen molar-refractivity contribution in [2.75, 3.05) is 5.32 Å². The van der Waals surface area contributed by atoms with Crippen LogP contribution in [0, 0.1) is 11.3 Å². The van der Waals surface area contributed by atoms with Crippen LogP contribution >= 0.6 is 11.6 Å². The number of primary sulfonamides is 1. The van der Waals surface area contributed by atoms with E-state index < -0.39 is 15.9 Å². The first kappa shape index (κ1) is 22.2. The van der Waals surface area contributed by atoms with Crippen molar-refractivity contribution in [2.24, 2.45) is 5.14 Å². The van der Waals surface area contributed by atoms with Crippen molar-refractivity contribution in [1.82, 2.24) is 9.78 Å². The number of nitriles is 1. The molecule has 0 saturated heterocycles. The predicted octanol–water partition coefficient (Wildman–Crippen LogP) is 3.96. The molecule has 0 aliphatic carbocycles. The van der Waals surface area contributed by atoms with Crippen LogP contribution in [0.15, 0.2) is 83.9 Å². The number of rotatable bonds is 5. The molecule has 3 aromatic carbocycles. The molecular formula is C23H16ClN5O3S. The second kappa shape index (κ2) is 8.88. The molecule has 0 aliphatic heterocycles. The van der Waals surface area contributed by atoms with E-state index in [-0.39, 0.29) is 15.6 Å². The second-order valence-electron chi connectivity index (χ2n) is 6.98. The Bertz CT molecular complexity index is 1520. The van der Waals surface area contributed by atoms with E-state index in [4.69, 9.17) is 22.0 Å². The molecule has 0 fully saturated rings. The van der Waals surface area contributed by atoms with Gasteiger partial charge in [0, 0.05) is 5.56 Å². The zero-order chi connectivity index (χ0) is 23.6. The largest absolute Gasteiger partial charge is 0.319 e. The van der Waals surface area contributed by atoms with Gasteiger partial charge in [0.15, 0.2) is 0 Å². The topological polar surface area (TPSA) is 131 Å². The molecule has 0 bridgehead atoms. The van der Waals surface area contributed by atoms with E-state index in [0.29, 0.717) is 28.1 Å². The van der Waals surface area contributed by atoms with Crippen LogP contribution in [0.1, 0.15) is 16.1 Å². The molecule has 1 heterocycles. The predicted molar refractivity (Wildman–Crippen MR) is 124 cm³/mol. The summed E-state index contributed by atoms with van der Waals surface area (Å²) in [5.41, 5.74) is 2.50. The van der Waals surface area contributed by atoms with Crippen molar-refractivity contribution in [3.8, 4) is 22.9 Å². The van der Waals surface area contributed by atoms with Crippen LogP contribution in [0.5, 0.6) is 0 Å². The van der Waals surface area contributed by atoms with Gasteiger partial charge in [-0.2, -0.15) is 10.4 Å². The maximum Gasteiger partial charge on any atom is 0.274 e. The number of hydrogen-bond acceptors (Lipinski definition) is 5. The molecular weight excluding hydrogens is 462 g/mol. The van der Waals surface area contributed by atoms with Crippen LogP contribution in [0.3, 0.4) is 0 Å². The molecule has 0 atom stereocenters. The van der Waals surface area contributed by atoms with Crippen molar-refractivity contribution < 1.29 is 13.2 Å². The van der Waals surface area contributed by atoms with Gasteiger partial charge in [-0.1, -0.05) is 41.9 Å². The van der Waals surface area contributed by atoms with Crippen molar-refractivity contribution in [3.63, 3.8) is 0 Å². The van der Waals surface area contributed by atoms with Crippen molar-refractivity contribution in [3.05, 3.63) is 95.3 Å². The maximum absolute atomic E-state index is 12.9. The Kier molecular flexibility index (Phi) is 5.98. The van der Waals surface area contributed by atoms with E-state index >= 15 is 0 Å². The van der Waals surface area contributed by atoms with Gasteiger partial charge >= 0.3 is 0 Å². The summed E-state index contributed by atoms with van der Waals surface area (Å²) in [7, 11) is -3.93. The Morgan fingerprint density at radius 3 is 2.58 bits per heavy atom. The lowest BCUT2D eigenvalue weighted by atomic mass is 10.1. The van der Waals surface area contributed by atoms with Gasteiger partial charge < -0.3 is 5.32 Å². The van der Waals surface area contributed by atoms with E-state index in [2.05, 4.69) is 16.5 Å². The van der Waals surface area contributed by atoms with Gasteiger partial charge in [0.25, 0.3) is 5.91 Å². The molecule has 3 N–H and O–H groups in total. The van der Waals surface area contributed by atoms with Crippen LogP contribution in [0.2, 0.25) is 5.02 Å². The Labute approximate surface area is 194 Å². The number of nitrogens with two attached hydrogens (primary N) is 1. The first-order valence-corrected chi connectivity index (χ1v) is 11.5. The fraction of sp³-hybridized carbons (Fsp3) is 0. The monoisotopic (exact) mass is 477 g/mol. The molecule has 8 nitrogen and oxygen atoms in total. The smallest absolute Gasteiger partial charge is 0.274 e. The molecule has 0 radical (unpaired) electrons. The van der Waals surface area contributed by atoms with Crippen molar-refractivity contribution >= 4 is 33.2 Å². The number of hydrogen-bond donors (Lipinski definition) is 2. The normalized spacial score (nSPS) is 11.1. The van der Waals surface area contributed by atoms with Crippen molar-refractivity contribution in [1.29, 1.82) is 5.26 Å². The van der Waals surface area contributed by atoms with Crippen LogP contribution in [0.4, 0.5) is 5.69 Å². The number of nitrogens with zero attached hydrogens (tertiary/aromatic N) is 3. The summed E-state index contributed by atoms with van der Waals surface area (Å²) in [4.78, 5) is 12.9. The lowest BCUT2D eigenvalue weighted by molar-refractivity contribution is 0.101. The Morgan fingerprint density at radius 2 is 1.85 bits per heavy atom. The highest BCUT2D eigenvalue weighted by atomic mass is 35.5. The molecule has 164 valence electrons. The van der Waals surface area contributed by atoms with Gasteiger partial charge in [0.1, 0.15) is 5.69 Å². The summed E-state index contributed by atoms with van der Waals surface area (Å²) in [6.07, 6.45) is 1.48. The Morgan fingerprint density at radius 1 is 1.06 bits per heavy atom. The molecule has 33 heavy (non-hydrogen) atoms. The third-order valence-corrected chi connectivity index (χ3v) is 6.10. The number of nitrogens with one attached hydrogen (secondary N) is 1. The molecule has 4 aromatic rings. The lowest BCUT2D eigenvalue weighted by Gasteiger charge is -2.12. The third kappa shape index (κ3) is 4.63. The number of carbonyl (C=O) groups excluding carboxylic acids is 1. The minimum atomic E-state index is -3.93. The Balaban J connectivity index is 1.63. The molecule has 1 aromatic heterocycles. The van der Waals surface area contributed by atoms with Crippen LogP contribution in [0.25, 0.3) is 16.8 Å². The van der Waals surface area contributed by atoms with Crippen LogP contribution in [-0.4, -0.2) is 24.1 Å². The van der Waals surface area contributed by atoms with Gasteiger partial charge in [0.2, 0.25) is 10.0 Å². The molecule has 10 heteroatoms. The van der Waals surface area contributed by atoms with E-state index in [0.717, 1.165) is 0 Å². The highest BCUT2D eigenvalue weighted by molar-refractivity contribution is 7.89. The van der Waals surface area contributed by atoms with Gasteiger partial charge in [-0.15, -0.1) is 0 Å². The third-order valence-electron chi connectivity index (χ3n) is 4.82. The van der Waals surface area contributed by atoms with Gasteiger partial charge in [-0.25, -0.2) is 18.2 Å². The van der Waals surface area contributed by atoms with E-state index in [1.807, 2.05) is 0 Å². The summed E-state index contributed by atoms with van der Waals surface area (Å²) in [6.45, 7) is 0. The summed E-state index contributed by atoms with van der Waals surface area (Å²) >= 11 is 6.39. The summed E-state index contributed by atoms with van der Waals surface area (Å²) in [6, 6.07) is 21.4. The maximum atomic E-state index is 12.9.